The van der Waals surface area contributed by atoms with Crippen molar-refractivity contribution in [1.29, 1.82) is 0 Å². The van der Waals surface area contributed by atoms with Crippen molar-refractivity contribution in [3.63, 3.8) is 0 Å². The van der Waals surface area contributed by atoms with E-state index in [9.17, 15) is 4.79 Å². The number of carbonyl (C=O) groups excluding carboxylic acids is 1. The molecule has 3 aromatic rings. The van der Waals surface area contributed by atoms with E-state index < -0.39 is 0 Å². The first-order chi connectivity index (χ1) is 8.34. The van der Waals surface area contributed by atoms with Crippen molar-refractivity contribution >= 4 is 16.9 Å². The first-order valence-electron chi connectivity index (χ1n) is 5.25. The van der Waals surface area contributed by atoms with Crippen molar-refractivity contribution in [3.05, 3.63) is 60.0 Å². The van der Waals surface area contributed by atoms with Crippen LogP contribution < -0.4 is 0 Å². The van der Waals surface area contributed by atoms with Crippen molar-refractivity contribution in [1.82, 2.24) is 15.0 Å². The molecule has 0 spiro atoms. The van der Waals surface area contributed by atoms with Crippen LogP contribution in [0.2, 0.25) is 0 Å². The third kappa shape index (κ3) is 1.69. The van der Waals surface area contributed by atoms with Gasteiger partial charge in [-0.2, -0.15) is 0 Å². The van der Waals surface area contributed by atoms with Gasteiger partial charge in [0.2, 0.25) is 5.78 Å². The molecule has 0 fully saturated rings. The minimum Gasteiger partial charge on any atom is -0.334 e. The van der Waals surface area contributed by atoms with Crippen LogP contribution in [0.25, 0.3) is 11.2 Å². The molecule has 2 aromatic heterocycles. The summed E-state index contributed by atoms with van der Waals surface area (Å²) in [6.07, 6.45) is 1.65. The Morgan fingerprint density at radius 3 is 2.65 bits per heavy atom. The van der Waals surface area contributed by atoms with Gasteiger partial charge in [0.05, 0.1) is 5.52 Å². The van der Waals surface area contributed by atoms with E-state index >= 15 is 0 Å². The number of pyridine rings is 1. The largest absolute Gasteiger partial charge is 0.334 e. The topological polar surface area (TPSA) is 58.6 Å². The van der Waals surface area contributed by atoms with E-state index in [2.05, 4.69) is 15.0 Å². The second-order valence-electron chi connectivity index (χ2n) is 3.66. The number of aromatic amines is 1. The maximum Gasteiger partial charge on any atom is 0.228 e. The molecule has 82 valence electrons. The zero-order valence-corrected chi connectivity index (χ0v) is 8.92. The molecule has 0 saturated carbocycles. The van der Waals surface area contributed by atoms with Crippen molar-refractivity contribution in [2.45, 2.75) is 0 Å². The number of H-pyrrole nitrogens is 1. The number of benzene rings is 1. The van der Waals surface area contributed by atoms with Gasteiger partial charge in [-0.15, -0.1) is 0 Å². The van der Waals surface area contributed by atoms with E-state index in [-0.39, 0.29) is 5.78 Å². The SMILES string of the molecule is O=C(c1ccccc1)c1nc2ncccc2[nH]1. The predicted octanol–water partition coefficient (Wildman–Crippen LogP) is 2.19. The normalized spacial score (nSPS) is 10.6. The quantitative estimate of drug-likeness (QED) is 0.677. The van der Waals surface area contributed by atoms with Gasteiger partial charge in [-0.1, -0.05) is 30.3 Å². The third-order valence-corrected chi connectivity index (χ3v) is 2.51. The number of imidazole rings is 1. The summed E-state index contributed by atoms with van der Waals surface area (Å²) in [5, 5.41) is 0. The molecule has 4 heteroatoms. The van der Waals surface area contributed by atoms with Gasteiger partial charge in [0.1, 0.15) is 0 Å². The monoisotopic (exact) mass is 223 g/mol. The molecule has 2 heterocycles. The zero-order chi connectivity index (χ0) is 11.7. The molecule has 0 aliphatic heterocycles. The highest BCUT2D eigenvalue weighted by molar-refractivity contribution is 6.07. The summed E-state index contributed by atoms with van der Waals surface area (Å²) in [6, 6.07) is 12.7. The number of carbonyl (C=O) groups is 1. The Morgan fingerprint density at radius 2 is 1.88 bits per heavy atom. The molecule has 0 aliphatic rings. The summed E-state index contributed by atoms with van der Waals surface area (Å²) in [7, 11) is 0. The van der Waals surface area contributed by atoms with Crippen LogP contribution >= 0.6 is 0 Å². The maximum atomic E-state index is 12.1. The summed E-state index contributed by atoms with van der Waals surface area (Å²) in [5.74, 6) is 0.202. The first kappa shape index (κ1) is 9.72. The molecule has 0 bridgehead atoms. The van der Waals surface area contributed by atoms with E-state index in [1.165, 1.54) is 0 Å². The standard InChI is InChI=1S/C13H9N3O/c17-11(9-5-2-1-3-6-9)13-15-10-7-4-8-14-12(10)16-13/h1-8H,(H,14,15,16). The highest BCUT2D eigenvalue weighted by atomic mass is 16.1. The minimum absolute atomic E-state index is 0.122. The minimum atomic E-state index is -0.122. The second-order valence-corrected chi connectivity index (χ2v) is 3.66. The molecule has 0 atom stereocenters. The average molecular weight is 223 g/mol. The van der Waals surface area contributed by atoms with Crippen LogP contribution in [-0.2, 0) is 0 Å². The number of aromatic nitrogens is 3. The van der Waals surface area contributed by atoms with E-state index in [1.54, 1.807) is 24.4 Å². The number of rotatable bonds is 2. The van der Waals surface area contributed by atoms with E-state index in [0.717, 1.165) is 5.52 Å². The van der Waals surface area contributed by atoms with Crippen molar-refractivity contribution in [3.8, 4) is 0 Å². The molecule has 0 unspecified atom stereocenters. The Balaban J connectivity index is 2.07. The van der Waals surface area contributed by atoms with Gasteiger partial charge in [0.25, 0.3) is 0 Å². The number of hydrogen-bond acceptors (Lipinski definition) is 3. The molecule has 0 aliphatic carbocycles. The molecule has 0 radical (unpaired) electrons. The highest BCUT2D eigenvalue weighted by Gasteiger charge is 2.13. The van der Waals surface area contributed by atoms with Crippen LogP contribution in [-0.4, -0.2) is 20.7 Å². The van der Waals surface area contributed by atoms with Crippen LogP contribution in [0.15, 0.2) is 48.7 Å². The summed E-state index contributed by atoms with van der Waals surface area (Å²) in [4.78, 5) is 23.3. The van der Waals surface area contributed by atoms with Crippen LogP contribution in [0.3, 0.4) is 0 Å². The number of nitrogens with one attached hydrogen (secondary N) is 1. The lowest BCUT2D eigenvalue weighted by Crippen LogP contribution is -2.02. The van der Waals surface area contributed by atoms with Gasteiger partial charge in [0, 0.05) is 11.8 Å². The van der Waals surface area contributed by atoms with Crippen LogP contribution in [0, 0.1) is 0 Å². The molecule has 0 saturated heterocycles. The fourth-order valence-corrected chi connectivity index (χ4v) is 1.68. The summed E-state index contributed by atoms with van der Waals surface area (Å²) >= 11 is 0. The lowest BCUT2D eigenvalue weighted by atomic mass is 10.1. The highest BCUT2D eigenvalue weighted by Crippen LogP contribution is 2.11. The van der Waals surface area contributed by atoms with Crippen molar-refractivity contribution in [2.75, 3.05) is 0 Å². The fraction of sp³-hybridized carbons (Fsp3) is 0. The third-order valence-electron chi connectivity index (χ3n) is 2.51. The fourth-order valence-electron chi connectivity index (χ4n) is 1.68. The number of fused-ring (bicyclic) bond motifs is 1. The lowest BCUT2D eigenvalue weighted by molar-refractivity contribution is 0.103. The van der Waals surface area contributed by atoms with E-state index in [0.29, 0.717) is 17.0 Å². The number of ketones is 1. The van der Waals surface area contributed by atoms with Gasteiger partial charge in [-0.3, -0.25) is 4.79 Å². The van der Waals surface area contributed by atoms with Crippen LogP contribution in [0.5, 0.6) is 0 Å². The van der Waals surface area contributed by atoms with Gasteiger partial charge >= 0.3 is 0 Å². The Labute approximate surface area is 97.3 Å². The second kappa shape index (κ2) is 3.83. The Hall–Kier alpha value is -2.49. The smallest absolute Gasteiger partial charge is 0.228 e. The summed E-state index contributed by atoms with van der Waals surface area (Å²) in [6.45, 7) is 0. The Morgan fingerprint density at radius 1 is 1.06 bits per heavy atom. The molecular formula is C13H9N3O. The van der Waals surface area contributed by atoms with Gasteiger partial charge in [-0.05, 0) is 12.1 Å². The van der Waals surface area contributed by atoms with Gasteiger partial charge in [0.15, 0.2) is 11.5 Å². The summed E-state index contributed by atoms with van der Waals surface area (Å²) < 4.78 is 0. The molecular weight excluding hydrogens is 214 g/mol. The Kier molecular flexibility index (Phi) is 2.19. The molecule has 4 nitrogen and oxygen atoms in total. The number of nitrogens with zero attached hydrogens (tertiary/aromatic N) is 2. The molecule has 17 heavy (non-hydrogen) atoms. The molecule has 3 rings (SSSR count). The predicted molar refractivity (Wildman–Crippen MR) is 63.8 cm³/mol. The van der Waals surface area contributed by atoms with Crippen LogP contribution in [0.1, 0.15) is 16.2 Å². The summed E-state index contributed by atoms with van der Waals surface area (Å²) in [5.41, 5.74) is 1.95. The Bertz CT molecular complexity index is 640. The molecule has 1 aromatic carbocycles. The van der Waals surface area contributed by atoms with Crippen LogP contribution in [0.4, 0.5) is 0 Å². The lowest BCUT2D eigenvalue weighted by Gasteiger charge is -1.95. The van der Waals surface area contributed by atoms with Gasteiger partial charge < -0.3 is 4.98 Å². The van der Waals surface area contributed by atoms with Crippen molar-refractivity contribution in [2.24, 2.45) is 0 Å². The molecule has 0 amide bonds. The van der Waals surface area contributed by atoms with E-state index in [1.807, 2.05) is 24.3 Å². The van der Waals surface area contributed by atoms with Crippen molar-refractivity contribution < 1.29 is 4.79 Å². The van der Waals surface area contributed by atoms with E-state index in [4.69, 9.17) is 0 Å². The zero-order valence-electron chi connectivity index (χ0n) is 8.92. The number of hydrogen-bond donors (Lipinski definition) is 1. The average Bonchev–Trinajstić information content (AvgIpc) is 2.82. The first-order valence-corrected chi connectivity index (χ1v) is 5.25. The molecule has 1 N–H and O–H groups in total. The maximum absolute atomic E-state index is 12.1. The van der Waals surface area contributed by atoms with Gasteiger partial charge in [-0.25, -0.2) is 9.97 Å².